The molecular weight excluding hydrogens is 342 g/mol. The van der Waals surface area contributed by atoms with Crippen LogP contribution in [0, 0.1) is 6.92 Å². The van der Waals surface area contributed by atoms with Crippen LogP contribution < -0.4 is 9.46 Å². The first-order chi connectivity index (χ1) is 11.7. The van der Waals surface area contributed by atoms with Crippen molar-refractivity contribution in [2.45, 2.75) is 31.7 Å². The minimum Gasteiger partial charge on any atom is -0.494 e. The molecule has 1 aromatic rings. The van der Waals surface area contributed by atoms with E-state index in [1.54, 1.807) is 30.9 Å². The third-order valence-electron chi connectivity index (χ3n) is 4.27. The number of hydrogen-bond donors (Lipinski definition) is 1. The molecule has 25 heavy (non-hydrogen) atoms. The van der Waals surface area contributed by atoms with Crippen LogP contribution in [0.4, 0.5) is 0 Å². The third kappa shape index (κ3) is 4.93. The van der Waals surface area contributed by atoms with Gasteiger partial charge in [0, 0.05) is 26.2 Å². The Bertz CT molecular complexity index is 713. The summed E-state index contributed by atoms with van der Waals surface area (Å²) in [6, 6.07) is 3.88. The molecule has 8 heteroatoms. The van der Waals surface area contributed by atoms with E-state index in [0.717, 1.165) is 18.7 Å². The van der Waals surface area contributed by atoms with Crippen molar-refractivity contribution in [3.8, 4) is 5.75 Å². The molecule has 0 radical (unpaired) electrons. The van der Waals surface area contributed by atoms with Crippen LogP contribution in [0.2, 0.25) is 0 Å². The summed E-state index contributed by atoms with van der Waals surface area (Å²) in [7, 11) is -1.77. The van der Waals surface area contributed by atoms with Crippen LogP contribution in [-0.4, -0.2) is 70.0 Å². The Morgan fingerprint density at radius 1 is 1.28 bits per heavy atom. The number of amides is 1. The summed E-state index contributed by atoms with van der Waals surface area (Å²) in [5, 5.41) is 0. The molecule has 0 spiro atoms. The van der Waals surface area contributed by atoms with Gasteiger partial charge in [0.05, 0.1) is 17.5 Å². The molecular formula is C17H27N3O4S. The van der Waals surface area contributed by atoms with Crippen molar-refractivity contribution in [1.82, 2.24) is 14.5 Å². The lowest BCUT2D eigenvalue weighted by atomic mass is 10.2. The highest BCUT2D eigenvalue weighted by atomic mass is 32.2. The van der Waals surface area contributed by atoms with Crippen LogP contribution >= 0.6 is 0 Å². The number of aryl methyl sites for hydroxylation is 1. The lowest BCUT2D eigenvalue weighted by Gasteiger charge is -2.34. The Morgan fingerprint density at radius 2 is 1.92 bits per heavy atom. The smallest absolute Gasteiger partial charge is 0.241 e. The predicted molar refractivity (Wildman–Crippen MR) is 96.2 cm³/mol. The minimum absolute atomic E-state index is 0.131. The van der Waals surface area contributed by atoms with Gasteiger partial charge in [0.25, 0.3) is 0 Å². The largest absolute Gasteiger partial charge is 0.494 e. The molecule has 140 valence electrons. The third-order valence-corrected chi connectivity index (χ3v) is 5.81. The second-order valence-corrected chi connectivity index (χ2v) is 8.05. The van der Waals surface area contributed by atoms with Crippen LogP contribution in [-0.2, 0) is 14.8 Å². The van der Waals surface area contributed by atoms with Gasteiger partial charge in [0.2, 0.25) is 15.9 Å². The van der Waals surface area contributed by atoms with Crippen molar-refractivity contribution in [1.29, 1.82) is 0 Å². The second-order valence-electron chi connectivity index (χ2n) is 6.33. The quantitative estimate of drug-likeness (QED) is 0.804. The molecule has 0 unspecified atom stereocenters. The summed E-state index contributed by atoms with van der Waals surface area (Å²) >= 11 is 0. The van der Waals surface area contributed by atoms with Crippen LogP contribution in [0.1, 0.15) is 19.4 Å². The molecule has 0 saturated carbocycles. The summed E-state index contributed by atoms with van der Waals surface area (Å²) in [4.78, 5) is 16.5. The molecule has 1 saturated heterocycles. The minimum atomic E-state index is -3.77. The lowest BCUT2D eigenvalue weighted by molar-refractivity contribution is -0.134. The molecule has 2 rings (SSSR count). The van der Waals surface area contributed by atoms with Gasteiger partial charge in [0.15, 0.2) is 0 Å². The molecule has 1 aliphatic rings. The zero-order valence-corrected chi connectivity index (χ0v) is 16.1. The molecule has 1 aliphatic heterocycles. The lowest BCUT2D eigenvalue weighted by Crippen LogP contribution is -2.53. The van der Waals surface area contributed by atoms with Crippen molar-refractivity contribution in [3.63, 3.8) is 0 Å². The first-order valence-electron chi connectivity index (χ1n) is 8.47. The molecule has 7 nitrogen and oxygen atoms in total. The second kappa shape index (κ2) is 8.16. The van der Waals surface area contributed by atoms with E-state index in [4.69, 9.17) is 4.74 Å². The van der Waals surface area contributed by atoms with Crippen molar-refractivity contribution >= 4 is 15.9 Å². The number of nitrogens with one attached hydrogen (secondary N) is 1. The number of nitrogens with zero attached hydrogens (tertiary/aromatic N) is 2. The van der Waals surface area contributed by atoms with E-state index in [-0.39, 0.29) is 10.8 Å². The van der Waals surface area contributed by atoms with Gasteiger partial charge < -0.3 is 14.5 Å². The predicted octanol–water partition coefficient (Wildman–Crippen LogP) is 0.835. The van der Waals surface area contributed by atoms with Gasteiger partial charge in [-0.15, -0.1) is 0 Å². The molecule has 1 aromatic carbocycles. The Kier molecular flexibility index (Phi) is 6.42. The van der Waals surface area contributed by atoms with E-state index in [0.29, 0.717) is 25.4 Å². The number of sulfonamides is 1. The normalized spacial score (nSPS) is 17.4. The first kappa shape index (κ1) is 19.7. The van der Waals surface area contributed by atoms with Crippen molar-refractivity contribution in [2.75, 3.05) is 39.8 Å². The fourth-order valence-corrected chi connectivity index (χ4v) is 4.04. The van der Waals surface area contributed by atoms with E-state index in [1.165, 1.54) is 6.07 Å². The van der Waals surface area contributed by atoms with Crippen LogP contribution in [0.25, 0.3) is 0 Å². The maximum Gasteiger partial charge on any atom is 0.241 e. The van der Waals surface area contributed by atoms with E-state index < -0.39 is 16.1 Å². The molecule has 0 bridgehead atoms. The van der Waals surface area contributed by atoms with Crippen LogP contribution in [0.5, 0.6) is 5.75 Å². The molecule has 1 fully saturated rings. The fraction of sp³-hybridized carbons (Fsp3) is 0.588. The summed E-state index contributed by atoms with van der Waals surface area (Å²) < 4.78 is 33.1. The summed E-state index contributed by atoms with van der Waals surface area (Å²) in [5.74, 6) is 0.461. The van der Waals surface area contributed by atoms with Crippen molar-refractivity contribution in [3.05, 3.63) is 23.8 Å². The topological polar surface area (TPSA) is 78.9 Å². The number of carbonyl (C=O) groups is 1. The molecule has 0 aliphatic carbocycles. The van der Waals surface area contributed by atoms with Crippen LogP contribution in [0.15, 0.2) is 23.1 Å². The maximum atomic E-state index is 12.6. The van der Waals surface area contributed by atoms with Crippen LogP contribution in [0.3, 0.4) is 0 Å². The zero-order valence-electron chi connectivity index (χ0n) is 15.3. The Labute approximate surface area is 150 Å². The first-order valence-corrected chi connectivity index (χ1v) is 9.96. The Morgan fingerprint density at radius 3 is 2.48 bits per heavy atom. The number of likely N-dealkylation sites (N-methyl/N-ethyl adjacent to an activating group) is 1. The highest BCUT2D eigenvalue weighted by Gasteiger charge is 2.27. The number of ether oxygens (including phenoxy) is 1. The van der Waals surface area contributed by atoms with Gasteiger partial charge in [0.1, 0.15) is 5.75 Å². The number of carbonyl (C=O) groups excluding carboxylic acids is 1. The number of rotatable bonds is 6. The SMILES string of the molecule is CCOc1ccc(S(=O)(=O)N[C@@H](C)C(=O)N2CCN(C)CC2)cc1C. The molecule has 1 amide bonds. The summed E-state index contributed by atoms with van der Waals surface area (Å²) in [5.41, 5.74) is 0.739. The van der Waals surface area contributed by atoms with Gasteiger partial charge in [-0.3, -0.25) is 4.79 Å². The highest BCUT2D eigenvalue weighted by Crippen LogP contribution is 2.22. The van der Waals surface area contributed by atoms with Gasteiger partial charge >= 0.3 is 0 Å². The molecule has 0 aromatic heterocycles. The zero-order chi connectivity index (χ0) is 18.6. The molecule has 1 N–H and O–H groups in total. The highest BCUT2D eigenvalue weighted by molar-refractivity contribution is 7.89. The molecule has 1 atom stereocenters. The average Bonchev–Trinajstić information content (AvgIpc) is 2.56. The van der Waals surface area contributed by atoms with E-state index in [2.05, 4.69) is 9.62 Å². The fourth-order valence-electron chi connectivity index (χ4n) is 2.76. The number of hydrogen-bond acceptors (Lipinski definition) is 5. The maximum absolute atomic E-state index is 12.6. The average molecular weight is 369 g/mol. The summed E-state index contributed by atoms with van der Waals surface area (Å²) in [6.45, 7) is 8.58. The molecule has 1 heterocycles. The van der Waals surface area contributed by atoms with Crippen molar-refractivity contribution in [2.24, 2.45) is 0 Å². The number of piperazine rings is 1. The Balaban J connectivity index is 2.07. The number of benzene rings is 1. The van der Waals surface area contributed by atoms with Crippen molar-refractivity contribution < 1.29 is 17.9 Å². The van der Waals surface area contributed by atoms with Gasteiger partial charge in [-0.2, -0.15) is 4.72 Å². The van der Waals surface area contributed by atoms with E-state index in [9.17, 15) is 13.2 Å². The van der Waals surface area contributed by atoms with E-state index in [1.807, 2.05) is 14.0 Å². The van der Waals surface area contributed by atoms with Gasteiger partial charge in [-0.25, -0.2) is 8.42 Å². The monoisotopic (exact) mass is 369 g/mol. The van der Waals surface area contributed by atoms with Gasteiger partial charge in [-0.05, 0) is 51.6 Å². The standard InChI is InChI=1S/C17H27N3O4S/c1-5-24-16-7-6-15(12-13(16)2)25(22,23)18-14(3)17(21)20-10-8-19(4)9-11-20/h6-7,12,14,18H,5,8-11H2,1-4H3/t14-/m0/s1. The van der Waals surface area contributed by atoms with Gasteiger partial charge in [-0.1, -0.05) is 0 Å². The Hall–Kier alpha value is -1.64. The summed E-state index contributed by atoms with van der Waals surface area (Å²) in [6.07, 6.45) is 0. The van der Waals surface area contributed by atoms with E-state index >= 15 is 0 Å².